The van der Waals surface area contributed by atoms with Gasteiger partial charge >= 0.3 is 0 Å². The third-order valence-electron chi connectivity index (χ3n) is 2.21. The first-order valence-corrected chi connectivity index (χ1v) is 3.96. The highest BCUT2D eigenvalue weighted by atomic mass is 35.5. The van der Waals surface area contributed by atoms with E-state index in [1.165, 1.54) is 0 Å². The van der Waals surface area contributed by atoms with Gasteiger partial charge in [-0.25, -0.2) is 0 Å². The Morgan fingerprint density at radius 1 is 1.12 bits per heavy atom. The minimum Gasteiger partial charge on any atom is -0.369 e. The summed E-state index contributed by atoms with van der Waals surface area (Å²) in [4.78, 5) is 13.1. The average molecular weight is 375 g/mol. The van der Waals surface area contributed by atoms with Crippen molar-refractivity contribution in [2.45, 2.75) is 6.04 Å². The van der Waals surface area contributed by atoms with Gasteiger partial charge in [0.15, 0.2) is 0 Å². The number of ether oxygens (including phenoxy) is 1. The summed E-state index contributed by atoms with van der Waals surface area (Å²) in [7, 11) is 0. The molecule has 2 aliphatic rings. The molecule has 0 aromatic rings. The van der Waals surface area contributed by atoms with E-state index in [2.05, 4.69) is 5.32 Å². The number of fused-ring (bicyclic) bond motifs is 1. The highest BCUT2D eigenvalue weighted by Gasteiger charge is 2.30. The number of nitrogens with one attached hydrogen (secondary N) is 1. The lowest BCUT2D eigenvalue weighted by Crippen LogP contribution is -2.59. The van der Waals surface area contributed by atoms with Crippen molar-refractivity contribution in [3.63, 3.8) is 0 Å². The Morgan fingerprint density at radius 3 is 2.24 bits per heavy atom. The van der Waals surface area contributed by atoms with Gasteiger partial charge in [0.05, 0.1) is 12.6 Å². The molecular weight excluding hydrogens is 357 g/mol. The largest absolute Gasteiger partial charge is 0.369 e. The summed E-state index contributed by atoms with van der Waals surface area (Å²) in [6.45, 7) is 3.61. The standard InChI is InChI=1S/C7H12N2O2.6ClH/c10-7-5-11-4-6-3-8-1-2-9(6)7;;;;;;/h6,8H,1-5H2;6*1H/t6-;;;;;;/m1....../s1. The summed E-state index contributed by atoms with van der Waals surface area (Å²) < 4.78 is 5.12. The molecule has 0 unspecified atom stereocenters. The smallest absolute Gasteiger partial charge is 0.248 e. The molecule has 2 heterocycles. The molecule has 110 valence electrons. The predicted molar refractivity (Wildman–Crippen MR) is 82.7 cm³/mol. The van der Waals surface area contributed by atoms with E-state index < -0.39 is 0 Å². The molecule has 0 saturated carbocycles. The molecule has 1 N–H and O–H groups in total. The van der Waals surface area contributed by atoms with Crippen LogP contribution in [0.5, 0.6) is 0 Å². The molecule has 0 aromatic carbocycles. The zero-order valence-electron chi connectivity index (χ0n) is 8.83. The van der Waals surface area contributed by atoms with E-state index >= 15 is 0 Å². The Hall–Kier alpha value is 1.13. The molecule has 2 fully saturated rings. The van der Waals surface area contributed by atoms with Gasteiger partial charge in [0.2, 0.25) is 5.91 Å². The Balaban J connectivity index is -0.0000000800. The molecule has 4 nitrogen and oxygen atoms in total. The van der Waals surface area contributed by atoms with Gasteiger partial charge in [0, 0.05) is 19.6 Å². The van der Waals surface area contributed by atoms with Crippen molar-refractivity contribution in [2.75, 3.05) is 32.8 Å². The molecule has 2 saturated heterocycles. The summed E-state index contributed by atoms with van der Waals surface area (Å²) in [5.41, 5.74) is 0. The number of morpholine rings is 1. The second kappa shape index (κ2) is 15.2. The number of amides is 1. The number of hydrogen-bond donors (Lipinski definition) is 1. The Morgan fingerprint density at radius 2 is 1.71 bits per heavy atom. The van der Waals surface area contributed by atoms with E-state index in [0.717, 1.165) is 19.6 Å². The first-order valence-electron chi connectivity index (χ1n) is 3.96. The fourth-order valence-corrected chi connectivity index (χ4v) is 1.60. The van der Waals surface area contributed by atoms with Crippen LogP contribution in [0.3, 0.4) is 0 Å². The van der Waals surface area contributed by atoms with Crippen molar-refractivity contribution < 1.29 is 9.53 Å². The molecule has 0 aromatic heterocycles. The van der Waals surface area contributed by atoms with Gasteiger partial charge in [-0.3, -0.25) is 4.79 Å². The van der Waals surface area contributed by atoms with E-state index in [1.54, 1.807) is 0 Å². The van der Waals surface area contributed by atoms with Crippen molar-refractivity contribution in [1.29, 1.82) is 0 Å². The first kappa shape index (κ1) is 30.9. The molecule has 17 heavy (non-hydrogen) atoms. The highest BCUT2D eigenvalue weighted by molar-refractivity contribution is 5.86. The van der Waals surface area contributed by atoms with E-state index in [4.69, 9.17) is 4.74 Å². The lowest BCUT2D eigenvalue weighted by atomic mass is 10.2. The third kappa shape index (κ3) is 8.01. The van der Waals surface area contributed by atoms with Crippen LogP contribution in [0.2, 0.25) is 0 Å². The predicted octanol–water partition coefficient (Wildman–Crippen LogP) is 1.35. The molecule has 0 spiro atoms. The minimum atomic E-state index is 0. The maximum Gasteiger partial charge on any atom is 0.248 e. The zero-order chi connectivity index (χ0) is 7.68. The van der Waals surface area contributed by atoms with Crippen molar-refractivity contribution in [3.8, 4) is 0 Å². The molecule has 2 aliphatic heterocycles. The number of halogens is 6. The number of rotatable bonds is 0. The van der Waals surface area contributed by atoms with Gasteiger partial charge in [-0.2, -0.15) is 0 Å². The van der Waals surface area contributed by atoms with Gasteiger partial charge in [-0.15, -0.1) is 74.4 Å². The molecule has 2 rings (SSSR count). The molecule has 10 heteroatoms. The van der Waals surface area contributed by atoms with Gasteiger partial charge in [0.1, 0.15) is 6.61 Å². The second-order valence-electron chi connectivity index (χ2n) is 2.96. The van der Waals surface area contributed by atoms with E-state index in [-0.39, 0.29) is 93.0 Å². The highest BCUT2D eigenvalue weighted by Crippen LogP contribution is 2.09. The summed E-state index contributed by atoms with van der Waals surface area (Å²) in [5.74, 6) is 0.141. The zero-order valence-corrected chi connectivity index (χ0v) is 13.7. The number of nitrogens with zero attached hydrogens (tertiary/aromatic N) is 1. The summed E-state index contributed by atoms with van der Waals surface area (Å²) in [5, 5.41) is 3.23. The fourth-order valence-electron chi connectivity index (χ4n) is 1.60. The van der Waals surface area contributed by atoms with Crippen molar-refractivity contribution in [3.05, 3.63) is 0 Å². The SMILES string of the molecule is Cl.Cl.Cl.Cl.Cl.Cl.O=C1COC[C@H]2CNCCN12. The summed E-state index contributed by atoms with van der Waals surface area (Å²) in [6.07, 6.45) is 0. The van der Waals surface area contributed by atoms with Crippen LogP contribution in [0.4, 0.5) is 0 Å². The van der Waals surface area contributed by atoms with Crippen LogP contribution in [0.1, 0.15) is 0 Å². The van der Waals surface area contributed by atoms with Crippen LogP contribution in [-0.2, 0) is 9.53 Å². The van der Waals surface area contributed by atoms with Crippen LogP contribution in [0.25, 0.3) is 0 Å². The monoisotopic (exact) mass is 372 g/mol. The van der Waals surface area contributed by atoms with Gasteiger partial charge in [0.25, 0.3) is 0 Å². The van der Waals surface area contributed by atoms with Crippen molar-refractivity contribution in [1.82, 2.24) is 10.2 Å². The molecule has 0 radical (unpaired) electrons. The van der Waals surface area contributed by atoms with E-state index in [9.17, 15) is 4.79 Å². The van der Waals surface area contributed by atoms with Gasteiger partial charge < -0.3 is 15.0 Å². The molecule has 0 bridgehead atoms. The quantitative estimate of drug-likeness (QED) is 0.696. The topological polar surface area (TPSA) is 41.6 Å². The van der Waals surface area contributed by atoms with E-state index in [1.807, 2.05) is 4.90 Å². The molecule has 0 aliphatic carbocycles. The second-order valence-corrected chi connectivity index (χ2v) is 2.96. The first-order chi connectivity index (χ1) is 5.38. The van der Waals surface area contributed by atoms with Gasteiger partial charge in [-0.1, -0.05) is 0 Å². The Bertz CT molecular complexity index is 186. The van der Waals surface area contributed by atoms with Gasteiger partial charge in [-0.05, 0) is 0 Å². The van der Waals surface area contributed by atoms with Crippen molar-refractivity contribution in [2.24, 2.45) is 0 Å². The number of carbonyl (C=O) groups is 1. The van der Waals surface area contributed by atoms with E-state index in [0.29, 0.717) is 6.61 Å². The number of hydrogen-bond acceptors (Lipinski definition) is 3. The van der Waals surface area contributed by atoms with Crippen LogP contribution in [0, 0.1) is 0 Å². The van der Waals surface area contributed by atoms with Crippen LogP contribution in [-0.4, -0.2) is 49.7 Å². The van der Waals surface area contributed by atoms with Crippen LogP contribution in [0.15, 0.2) is 0 Å². The third-order valence-corrected chi connectivity index (χ3v) is 2.21. The maximum atomic E-state index is 11.2. The number of carbonyl (C=O) groups excluding carboxylic acids is 1. The Labute approximate surface area is 138 Å². The minimum absolute atomic E-state index is 0. The van der Waals surface area contributed by atoms with Crippen LogP contribution < -0.4 is 5.32 Å². The normalized spacial score (nSPS) is 20.6. The molecule has 1 amide bonds. The summed E-state index contributed by atoms with van der Waals surface area (Å²) in [6, 6.07) is 0.282. The maximum absolute atomic E-state index is 11.2. The van der Waals surface area contributed by atoms with Crippen molar-refractivity contribution >= 4 is 80.3 Å². The lowest BCUT2D eigenvalue weighted by Gasteiger charge is -2.39. The fraction of sp³-hybridized carbons (Fsp3) is 0.857. The lowest BCUT2D eigenvalue weighted by molar-refractivity contribution is -0.149. The summed E-state index contributed by atoms with van der Waals surface area (Å²) >= 11 is 0. The average Bonchev–Trinajstić information content (AvgIpc) is 2.06. The Kier molecular flexibility index (Phi) is 27.6. The van der Waals surface area contributed by atoms with Crippen LogP contribution >= 0.6 is 74.4 Å². The number of piperazine rings is 1. The molecular formula is C7H18Cl6N2O2. The molecule has 1 atom stereocenters.